The van der Waals surface area contributed by atoms with Gasteiger partial charge in [-0.1, -0.05) is 32.9 Å². The Hall–Kier alpha value is -2.89. The molecule has 0 heterocycles. The van der Waals surface area contributed by atoms with Crippen LogP contribution in [0.1, 0.15) is 26.3 Å². The van der Waals surface area contributed by atoms with Gasteiger partial charge in [-0.3, -0.25) is 0 Å². The second-order valence-corrected chi connectivity index (χ2v) is 7.08. The maximum absolute atomic E-state index is 5.93. The average Bonchev–Trinajstić information content (AvgIpc) is 2.64. The smallest absolute Gasteiger partial charge is 0.193 e. The van der Waals surface area contributed by atoms with Crippen LogP contribution in [0.4, 0.5) is 5.69 Å². The van der Waals surface area contributed by atoms with Gasteiger partial charge < -0.3 is 25.3 Å². The third-order valence-corrected chi connectivity index (χ3v) is 4.02. The van der Waals surface area contributed by atoms with Crippen molar-refractivity contribution in [2.24, 2.45) is 10.7 Å². The summed E-state index contributed by atoms with van der Waals surface area (Å²) in [6.45, 7) is 7.46. The highest BCUT2D eigenvalue weighted by Gasteiger charge is 2.12. The lowest BCUT2D eigenvalue weighted by Gasteiger charge is -2.19. The summed E-state index contributed by atoms with van der Waals surface area (Å²) in [5.41, 5.74) is 8.10. The van der Waals surface area contributed by atoms with Gasteiger partial charge in [0.15, 0.2) is 17.5 Å². The number of nitrogens with two attached hydrogens (primary N) is 1. The van der Waals surface area contributed by atoms with Crippen LogP contribution in [0.15, 0.2) is 47.5 Å². The largest absolute Gasteiger partial charge is 0.493 e. The van der Waals surface area contributed by atoms with Gasteiger partial charge >= 0.3 is 0 Å². The predicted molar refractivity (Wildman–Crippen MR) is 110 cm³/mol. The third-order valence-electron chi connectivity index (χ3n) is 4.02. The molecule has 0 saturated carbocycles. The fourth-order valence-corrected chi connectivity index (χ4v) is 2.48. The summed E-state index contributed by atoms with van der Waals surface area (Å²) in [5.74, 6) is 2.42. The van der Waals surface area contributed by atoms with Crippen LogP contribution in [0.3, 0.4) is 0 Å². The molecule has 2 rings (SSSR count). The van der Waals surface area contributed by atoms with Crippen LogP contribution in [0, 0.1) is 0 Å². The minimum Gasteiger partial charge on any atom is -0.493 e. The van der Waals surface area contributed by atoms with Crippen LogP contribution in [0.5, 0.6) is 17.2 Å². The highest BCUT2D eigenvalue weighted by Crippen LogP contribution is 2.29. The molecule has 0 aliphatic rings. The number of methoxy groups -OCH3 is 2. The van der Waals surface area contributed by atoms with E-state index in [4.69, 9.17) is 19.9 Å². The van der Waals surface area contributed by atoms with E-state index < -0.39 is 0 Å². The number of guanidine groups is 1. The zero-order chi connectivity index (χ0) is 19.9. The molecule has 0 amide bonds. The predicted octanol–water partition coefficient (Wildman–Crippen LogP) is 3.81. The molecule has 0 atom stereocenters. The van der Waals surface area contributed by atoms with E-state index in [-0.39, 0.29) is 5.41 Å². The molecular weight excluding hydrogens is 342 g/mol. The average molecular weight is 371 g/mol. The zero-order valence-electron chi connectivity index (χ0n) is 16.7. The van der Waals surface area contributed by atoms with Crippen LogP contribution in [-0.2, 0) is 5.41 Å². The highest BCUT2D eigenvalue weighted by atomic mass is 16.5. The monoisotopic (exact) mass is 371 g/mol. The molecule has 146 valence electrons. The number of nitrogens with one attached hydrogen (secondary N) is 1. The Morgan fingerprint density at radius 3 is 2.26 bits per heavy atom. The van der Waals surface area contributed by atoms with E-state index in [9.17, 15) is 0 Å². The topological polar surface area (TPSA) is 78.1 Å². The van der Waals surface area contributed by atoms with Gasteiger partial charge in [0.25, 0.3) is 0 Å². The van der Waals surface area contributed by atoms with E-state index in [1.54, 1.807) is 26.4 Å². The Morgan fingerprint density at radius 1 is 1.00 bits per heavy atom. The molecule has 6 heteroatoms. The number of nitrogens with zero attached hydrogens (tertiary/aromatic N) is 1. The second-order valence-electron chi connectivity index (χ2n) is 7.08. The van der Waals surface area contributed by atoms with Gasteiger partial charge in [-0.25, -0.2) is 4.99 Å². The van der Waals surface area contributed by atoms with E-state index in [0.29, 0.717) is 30.6 Å². The lowest BCUT2D eigenvalue weighted by atomic mass is 9.87. The van der Waals surface area contributed by atoms with Gasteiger partial charge in [-0.15, -0.1) is 0 Å². The maximum atomic E-state index is 5.93. The fourth-order valence-electron chi connectivity index (χ4n) is 2.48. The van der Waals surface area contributed by atoms with Gasteiger partial charge in [-0.2, -0.15) is 0 Å². The molecule has 6 nitrogen and oxygen atoms in total. The molecule has 0 spiro atoms. The standard InChI is InChI=1S/C21H29N3O3/c1-21(2,3)15-6-9-17(10-7-15)27-13-12-23-20(22)24-16-8-11-18(25-4)19(14-16)26-5/h6-11,14H,12-13H2,1-5H3,(H3,22,23,24). The number of ether oxygens (including phenoxy) is 3. The van der Waals surface area contributed by atoms with Crippen LogP contribution in [0.2, 0.25) is 0 Å². The molecular formula is C21H29N3O3. The van der Waals surface area contributed by atoms with E-state index >= 15 is 0 Å². The molecule has 2 aromatic rings. The highest BCUT2D eigenvalue weighted by molar-refractivity contribution is 5.92. The van der Waals surface area contributed by atoms with Crippen molar-refractivity contribution in [2.45, 2.75) is 26.2 Å². The summed E-state index contributed by atoms with van der Waals surface area (Å²) < 4.78 is 16.2. The molecule has 2 aromatic carbocycles. The summed E-state index contributed by atoms with van der Waals surface area (Å²) in [7, 11) is 3.18. The normalized spacial score (nSPS) is 11.8. The lowest BCUT2D eigenvalue weighted by molar-refractivity contribution is 0.328. The molecule has 0 radical (unpaired) electrons. The molecule has 27 heavy (non-hydrogen) atoms. The van der Waals surface area contributed by atoms with Crippen molar-refractivity contribution in [3.05, 3.63) is 48.0 Å². The fraction of sp³-hybridized carbons (Fsp3) is 0.381. The van der Waals surface area contributed by atoms with Gasteiger partial charge in [0, 0.05) is 11.8 Å². The van der Waals surface area contributed by atoms with Crippen LogP contribution in [0.25, 0.3) is 0 Å². The Morgan fingerprint density at radius 2 is 1.67 bits per heavy atom. The van der Waals surface area contributed by atoms with Crippen molar-refractivity contribution < 1.29 is 14.2 Å². The Balaban J connectivity index is 1.84. The Labute approximate surface area is 161 Å². The lowest BCUT2D eigenvalue weighted by Crippen LogP contribution is -2.23. The number of anilines is 1. The maximum Gasteiger partial charge on any atom is 0.193 e. The number of benzene rings is 2. The molecule has 0 unspecified atom stereocenters. The first kappa shape index (κ1) is 20.4. The van der Waals surface area contributed by atoms with Crippen LogP contribution < -0.4 is 25.3 Å². The number of aliphatic imine (C=N–C) groups is 1. The third kappa shape index (κ3) is 6.09. The first-order valence-electron chi connectivity index (χ1n) is 8.86. The van der Waals surface area contributed by atoms with Crippen molar-refractivity contribution in [3.63, 3.8) is 0 Å². The number of hydrogen-bond donors (Lipinski definition) is 2. The summed E-state index contributed by atoms with van der Waals surface area (Å²) >= 11 is 0. The molecule has 0 aliphatic heterocycles. The molecule has 0 bridgehead atoms. The molecule has 3 N–H and O–H groups in total. The van der Waals surface area contributed by atoms with E-state index in [0.717, 1.165) is 11.4 Å². The van der Waals surface area contributed by atoms with Gasteiger partial charge in [-0.05, 0) is 35.2 Å². The summed E-state index contributed by atoms with van der Waals surface area (Å²) in [6.07, 6.45) is 0. The van der Waals surface area contributed by atoms with E-state index in [1.807, 2.05) is 18.2 Å². The Bertz CT molecular complexity index is 765. The SMILES string of the molecule is COc1ccc(NC(N)=NCCOc2ccc(C(C)(C)C)cc2)cc1OC. The second kappa shape index (κ2) is 9.16. The Kier molecular flexibility index (Phi) is 6.93. The molecule has 0 fully saturated rings. The summed E-state index contributed by atoms with van der Waals surface area (Å²) in [5, 5.41) is 3.03. The van der Waals surface area contributed by atoms with Gasteiger partial charge in [0.1, 0.15) is 12.4 Å². The summed E-state index contributed by atoms with van der Waals surface area (Å²) in [4.78, 5) is 4.28. The molecule has 0 saturated heterocycles. The molecule has 0 aliphatic carbocycles. The quantitative estimate of drug-likeness (QED) is 0.440. The van der Waals surface area contributed by atoms with Crippen LogP contribution >= 0.6 is 0 Å². The van der Waals surface area contributed by atoms with Crippen molar-refractivity contribution in [2.75, 3.05) is 32.7 Å². The summed E-state index contributed by atoms with van der Waals surface area (Å²) in [6, 6.07) is 13.6. The first-order valence-corrected chi connectivity index (χ1v) is 8.86. The zero-order valence-corrected chi connectivity index (χ0v) is 16.7. The minimum atomic E-state index is 0.132. The van der Waals surface area contributed by atoms with Crippen molar-refractivity contribution in [1.82, 2.24) is 0 Å². The van der Waals surface area contributed by atoms with Crippen LogP contribution in [-0.4, -0.2) is 33.3 Å². The number of hydrogen-bond acceptors (Lipinski definition) is 4. The van der Waals surface area contributed by atoms with Crippen molar-refractivity contribution in [1.29, 1.82) is 0 Å². The number of rotatable bonds is 7. The van der Waals surface area contributed by atoms with Crippen molar-refractivity contribution in [3.8, 4) is 17.2 Å². The van der Waals surface area contributed by atoms with Crippen molar-refractivity contribution >= 4 is 11.6 Å². The first-order chi connectivity index (χ1) is 12.8. The van der Waals surface area contributed by atoms with Gasteiger partial charge in [0.05, 0.1) is 20.8 Å². The van der Waals surface area contributed by atoms with Gasteiger partial charge in [0.2, 0.25) is 0 Å². The van der Waals surface area contributed by atoms with E-state index in [1.165, 1.54) is 5.56 Å². The van der Waals surface area contributed by atoms with E-state index in [2.05, 4.69) is 43.2 Å². The molecule has 0 aromatic heterocycles. The minimum absolute atomic E-state index is 0.132.